The zero-order chi connectivity index (χ0) is 9.14. The largest absolute Gasteiger partial charge is 0.377 e. The van der Waals surface area contributed by atoms with Gasteiger partial charge in [0.2, 0.25) is 0 Å². The van der Waals surface area contributed by atoms with E-state index in [-0.39, 0.29) is 0 Å². The average Bonchev–Trinajstić information content (AvgIpc) is 2.03. The minimum Gasteiger partial charge on any atom is -0.377 e. The first-order valence-electron chi connectivity index (χ1n) is 3.98. The number of benzene rings is 1. The second kappa shape index (κ2) is 3.94. The Bertz CT molecular complexity index is 269. The molecule has 0 saturated heterocycles. The van der Waals surface area contributed by atoms with E-state index in [1.807, 2.05) is 0 Å². The lowest BCUT2D eigenvalue weighted by molar-refractivity contribution is 1.11. The minimum absolute atomic E-state index is 0.932. The van der Waals surface area contributed by atoms with Gasteiger partial charge in [-0.25, -0.2) is 0 Å². The van der Waals surface area contributed by atoms with Crippen molar-refractivity contribution in [3.63, 3.8) is 0 Å². The zero-order valence-corrected chi connectivity index (χ0v) is 9.35. The van der Waals surface area contributed by atoms with E-state index < -0.39 is 0 Å². The second-order valence-electron chi connectivity index (χ2n) is 3.15. The van der Waals surface area contributed by atoms with Crippen LogP contribution in [-0.4, -0.2) is 14.1 Å². The Hall–Kier alpha value is -0.500. The lowest BCUT2D eigenvalue weighted by Gasteiger charge is -2.15. The molecule has 0 aliphatic carbocycles. The lowest BCUT2D eigenvalue weighted by atomic mass is 10.1. The molecule has 0 aliphatic heterocycles. The minimum atomic E-state index is 0.932. The summed E-state index contributed by atoms with van der Waals surface area (Å²) >= 11 is 3.44. The Morgan fingerprint density at radius 1 is 1.33 bits per heavy atom. The third-order valence-electron chi connectivity index (χ3n) is 1.90. The molecule has 0 aromatic heterocycles. The number of alkyl halides is 1. The van der Waals surface area contributed by atoms with Crippen LogP contribution in [0.15, 0.2) is 18.2 Å². The predicted octanol–water partition coefficient (Wildman–Crippen LogP) is 2.96. The van der Waals surface area contributed by atoms with E-state index in [9.17, 15) is 0 Å². The lowest BCUT2D eigenvalue weighted by Crippen LogP contribution is -2.10. The van der Waals surface area contributed by atoms with Gasteiger partial charge in [0.25, 0.3) is 0 Å². The van der Waals surface area contributed by atoms with Crippen LogP contribution in [0, 0.1) is 6.92 Å². The highest BCUT2D eigenvalue weighted by atomic mass is 79.9. The number of halogens is 1. The summed E-state index contributed by atoms with van der Waals surface area (Å²) in [5.74, 6) is 0. The van der Waals surface area contributed by atoms with Crippen molar-refractivity contribution >= 4 is 21.6 Å². The Balaban J connectivity index is 3.03. The summed E-state index contributed by atoms with van der Waals surface area (Å²) in [7, 11) is 4.13. The van der Waals surface area contributed by atoms with E-state index in [2.05, 4.69) is 60.0 Å². The van der Waals surface area contributed by atoms with Crippen LogP contribution in [0.1, 0.15) is 11.1 Å². The second-order valence-corrected chi connectivity index (χ2v) is 3.71. The van der Waals surface area contributed by atoms with E-state index in [1.165, 1.54) is 16.8 Å². The molecule has 1 aromatic rings. The molecular formula is C10H14BrN. The Kier molecular flexibility index (Phi) is 3.15. The third kappa shape index (κ3) is 2.01. The van der Waals surface area contributed by atoms with Gasteiger partial charge in [-0.1, -0.05) is 28.1 Å². The molecule has 0 N–H and O–H groups in total. The van der Waals surface area contributed by atoms with Gasteiger partial charge in [-0.2, -0.15) is 0 Å². The van der Waals surface area contributed by atoms with Gasteiger partial charge >= 0.3 is 0 Å². The number of hydrogen-bond acceptors (Lipinski definition) is 1. The molecule has 66 valence electrons. The van der Waals surface area contributed by atoms with Crippen molar-refractivity contribution in [1.29, 1.82) is 0 Å². The highest BCUT2D eigenvalue weighted by Gasteiger charge is 2.00. The van der Waals surface area contributed by atoms with Crippen LogP contribution in [0.25, 0.3) is 0 Å². The first-order valence-corrected chi connectivity index (χ1v) is 5.10. The van der Waals surface area contributed by atoms with E-state index in [1.54, 1.807) is 0 Å². The van der Waals surface area contributed by atoms with Crippen LogP contribution in [0.3, 0.4) is 0 Å². The van der Waals surface area contributed by atoms with Gasteiger partial charge in [-0.05, 0) is 24.1 Å². The van der Waals surface area contributed by atoms with Gasteiger partial charge in [0.15, 0.2) is 0 Å². The Morgan fingerprint density at radius 2 is 2.00 bits per heavy atom. The van der Waals surface area contributed by atoms with Crippen molar-refractivity contribution in [2.75, 3.05) is 19.0 Å². The summed E-state index contributed by atoms with van der Waals surface area (Å²) in [6.07, 6.45) is 0. The summed E-state index contributed by atoms with van der Waals surface area (Å²) in [6.45, 7) is 2.14. The molecule has 1 nitrogen and oxygen atoms in total. The van der Waals surface area contributed by atoms with Gasteiger partial charge in [-0.15, -0.1) is 0 Å². The van der Waals surface area contributed by atoms with Crippen molar-refractivity contribution in [3.05, 3.63) is 29.3 Å². The standard InChI is InChI=1S/C10H14BrN/c1-8-6-9(7-11)4-5-10(8)12(2)3/h4-6H,7H2,1-3H3. The molecule has 0 saturated carbocycles. The van der Waals surface area contributed by atoms with Crippen molar-refractivity contribution in [1.82, 2.24) is 0 Å². The summed E-state index contributed by atoms with van der Waals surface area (Å²) < 4.78 is 0. The highest BCUT2D eigenvalue weighted by molar-refractivity contribution is 9.08. The fourth-order valence-electron chi connectivity index (χ4n) is 1.30. The monoisotopic (exact) mass is 227 g/mol. The van der Waals surface area contributed by atoms with Crippen molar-refractivity contribution in [2.45, 2.75) is 12.3 Å². The molecule has 0 fully saturated rings. The molecule has 0 unspecified atom stereocenters. The smallest absolute Gasteiger partial charge is 0.0390 e. The fourth-order valence-corrected chi connectivity index (χ4v) is 1.65. The average molecular weight is 228 g/mol. The quantitative estimate of drug-likeness (QED) is 0.703. The van der Waals surface area contributed by atoms with Crippen molar-refractivity contribution in [3.8, 4) is 0 Å². The topological polar surface area (TPSA) is 3.24 Å². The predicted molar refractivity (Wildman–Crippen MR) is 58.1 cm³/mol. The molecule has 0 heterocycles. The van der Waals surface area contributed by atoms with Gasteiger partial charge in [-0.3, -0.25) is 0 Å². The maximum atomic E-state index is 3.44. The maximum absolute atomic E-state index is 3.44. The van der Waals surface area contributed by atoms with Crippen LogP contribution >= 0.6 is 15.9 Å². The summed E-state index contributed by atoms with van der Waals surface area (Å²) in [5, 5.41) is 0.932. The van der Waals surface area contributed by atoms with Crippen LogP contribution in [0.5, 0.6) is 0 Å². The first-order chi connectivity index (χ1) is 5.65. The van der Waals surface area contributed by atoms with Crippen molar-refractivity contribution < 1.29 is 0 Å². The van der Waals surface area contributed by atoms with Crippen LogP contribution in [0.2, 0.25) is 0 Å². The van der Waals surface area contributed by atoms with Crippen molar-refractivity contribution in [2.24, 2.45) is 0 Å². The van der Waals surface area contributed by atoms with Gasteiger partial charge in [0, 0.05) is 25.1 Å². The number of anilines is 1. The third-order valence-corrected chi connectivity index (χ3v) is 2.54. The number of nitrogens with zero attached hydrogens (tertiary/aromatic N) is 1. The summed E-state index contributed by atoms with van der Waals surface area (Å²) in [5.41, 5.74) is 3.95. The Labute approximate surface area is 82.5 Å². The molecule has 12 heavy (non-hydrogen) atoms. The molecule has 0 spiro atoms. The van der Waals surface area contributed by atoms with E-state index in [0.29, 0.717) is 0 Å². The number of aryl methyl sites for hydroxylation is 1. The molecule has 0 bridgehead atoms. The molecule has 0 atom stereocenters. The van der Waals surface area contributed by atoms with E-state index >= 15 is 0 Å². The molecule has 0 aliphatic rings. The molecular weight excluding hydrogens is 214 g/mol. The molecule has 0 amide bonds. The summed E-state index contributed by atoms with van der Waals surface area (Å²) in [6, 6.07) is 6.52. The fraction of sp³-hybridized carbons (Fsp3) is 0.400. The van der Waals surface area contributed by atoms with Crippen LogP contribution in [-0.2, 0) is 5.33 Å². The molecule has 1 rings (SSSR count). The molecule has 0 radical (unpaired) electrons. The Morgan fingerprint density at radius 3 is 2.42 bits per heavy atom. The number of hydrogen-bond donors (Lipinski definition) is 0. The molecule has 2 heteroatoms. The normalized spacial score (nSPS) is 10.0. The summed E-state index contributed by atoms with van der Waals surface area (Å²) in [4.78, 5) is 2.13. The molecule has 1 aromatic carbocycles. The first kappa shape index (κ1) is 9.59. The van der Waals surface area contributed by atoms with Gasteiger partial charge in [0.05, 0.1) is 0 Å². The SMILES string of the molecule is Cc1cc(CBr)ccc1N(C)C. The van der Waals surface area contributed by atoms with Gasteiger partial charge < -0.3 is 4.90 Å². The van der Waals surface area contributed by atoms with Gasteiger partial charge in [0.1, 0.15) is 0 Å². The zero-order valence-electron chi connectivity index (χ0n) is 7.76. The number of rotatable bonds is 2. The highest BCUT2D eigenvalue weighted by Crippen LogP contribution is 2.19. The van der Waals surface area contributed by atoms with Crippen LogP contribution < -0.4 is 4.90 Å². The van der Waals surface area contributed by atoms with E-state index in [4.69, 9.17) is 0 Å². The maximum Gasteiger partial charge on any atom is 0.0390 e. The van der Waals surface area contributed by atoms with Crippen LogP contribution in [0.4, 0.5) is 5.69 Å². The van der Waals surface area contributed by atoms with E-state index in [0.717, 1.165) is 5.33 Å².